The predicted molar refractivity (Wildman–Crippen MR) is 65.7 cm³/mol. The summed E-state index contributed by atoms with van der Waals surface area (Å²) in [6.07, 6.45) is 0. The van der Waals surface area contributed by atoms with Crippen LogP contribution in [0.15, 0.2) is 24.3 Å². The molecular weight excluding hydrogens is 202 g/mol. The molecule has 0 unspecified atom stereocenters. The van der Waals surface area contributed by atoms with Crippen molar-refractivity contribution in [1.82, 2.24) is 4.98 Å². The number of rotatable bonds is 1. The molecule has 0 aliphatic rings. The average Bonchev–Trinajstić information content (AvgIpc) is 2.73. The number of H-pyrrole nitrogens is 1. The highest BCUT2D eigenvalue weighted by Crippen LogP contribution is 2.17. The van der Waals surface area contributed by atoms with Gasteiger partial charge < -0.3 is 9.72 Å². The maximum absolute atomic E-state index is 11.2. The zero-order valence-electron chi connectivity index (χ0n) is 10.1. The van der Waals surface area contributed by atoms with Crippen LogP contribution < -0.4 is 0 Å². The van der Waals surface area contributed by atoms with Gasteiger partial charge in [-0.2, -0.15) is 0 Å². The fourth-order valence-corrected chi connectivity index (χ4v) is 1.46. The Bertz CT molecular complexity index is 486. The van der Waals surface area contributed by atoms with Crippen LogP contribution in [0, 0.1) is 6.92 Å². The third-order valence-electron chi connectivity index (χ3n) is 2.18. The van der Waals surface area contributed by atoms with Crippen molar-refractivity contribution in [2.75, 3.05) is 7.11 Å². The van der Waals surface area contributed by atoms with Gasteiger partial charge in [0.05, 0.1) is 7.11 Å². The first-order valence-corrected chi connectivity index (χ1v) is 5.38. The summed E-state index contributed by atoms with van der Waals surface area (Å²) in [6.45, 7) is 6.01. The van der Waals surface area contributed by atoms with Gasteiger partial charge in [-0.25, -0.2) is 4.79 Å². The molecule has 3 heteroatoms. The molecular formula is C13H17NO2. The summed E-state index contributed by atoms with van der Waals surface area (Å²) in [5.41, 5.74) is 2.62. The topological polar surface area (TPSA) is 42.1 Å². The van der Waals surface area contributed by atoms with Gasteiger partial charge in [0.25, 0.3) is 0 Å². The van der Waals surface area contributed by atoms with Crippen LogP contribution in [0.3, 0.4) is 0 Å². The summed E-state index contributed by atoms with van der Waals surface area (Å²) in [6, 6.07) is 7.78. The van der Waals surface area contributed by atoms with E-state index in [0.29, 0.717) is 5.69 Å². The Morgan fingerprint density at radius 1 is 1.25 bits per heavy atom. The van der Waals surface area contributed by atoms with E-state index in [1.54, 1.807) is 6.07 Å². The molecule has 0 fully saturated rings. The first kappa shape index (κ1) is 12.3. The maximum atomic E-state index is 11.2. The van der Waals surface area contributed by atoms with E-state index in [1.165, 1.54) is 7.11 Å². The van der Waals surface area contributed by atoms with E-state index in [1.807, 2.05) is 39.0 Å². The van der Waals surface area contributed by atoms with Crippen molar-refractivity contribution in [3.8, 4) is 0 Å². The van der Waals surface area contributed by atoms with Crippen LogP contribution in [0.1, 0.15) is 29.9 Å². The van der Waals surface area contributed by atoms with Crippen molar-refractivity contribution in [3.63, 3.8) is 0 Å². The van der Waals surface area contributed by atoms with Crippen molar-refractivity contribution >= 4 is 16.9 Å². The Morgan fingerprint density at radius 3 is 2.56 bits per heavy atom. The Morgan fingerprint density at radius 2 is 1.94 bits per heavy atom. The molecule has 1 heterocycles. The summed E-state index contributed by atoms with van der Waals surface area (Å²) in [7, 11) is 1.37. The first-order chi connectivity index (χ1) is 7.70. The minimum Gasteiger partial charge on any atom is -0.464 e. The third-order valence-corrected chi connectivity index (χ3v) is 2.18. The molecule has 0 spiro atoms. The standard InChI is InChI=1S/C11H11NO2.C2H6/c1-7-3-4-8-6-10(11(13)14-2)12-9(8)5-7;1-2/h3-6,12H,1-2H3;1-2H3. The van der Waals surface area contributed by atoms with Gasteiger partial charge >= 0.3 is 5.97 Å². The summed E-state index contributed by atoms with van der Waals surface area (Å²) >= 11 is 0. The van der Waals surface area contributed by atoms with Crippen LogP contribution in [0.4, 0.5) is 0 Å². The molecule has 0 saturated heterocycles. The lowest BCUT2D eigenvalue weighted by molar-refractivity contribution is 0.0595. The van der Waals surface area contributed by atoms with Crippen molar-refractivity contribution in [1.29, 1.82) is 0 Å². The monoisotopic (exact) mass is 219 g/mol. The highest BCUT2D eigenvalue weighted by atomic mass is 16.5. The fourth-order valence-electron chi connectivity index (χ4n) is 1.46. The predicted octanol–water partition coefficient (Wildman–Crippen LogP) is 3.29. The molecule has 0 radical (unpaired) electrons. The largest absolute Gasteiger partial charge is 0.464 e. The van der Waals surface area contributed by atoms with Crippen molar-refractivity contribution < 1.29 is 9.53 Å². The number of esters is 1. The molecule has 0 atom stereocenters. The molecule has 3 nitrogen and oxygen atoms in total. The maximum Gasteiger partial charge on any atom is 0.354 e. The van der Waals surface area contributed by atoms with Gasteiger partial charge in [0.2, 0.25) is 0 Å². The Kier molecular flexibility index (Phi) is 4.11. The molecule has 0 bridgehead atoms. The highest BCUT2D eigenvalue weighted by molar-refractivity contribution is 5.94. The van der Waals surface area contributed by atoms with Crippen LogP contribution in [-0.4, -0.2) is 18.1 Å². The quantitative estimate of drug-likeness (QED) is 0.748. The van der Waals surface area contributed by atoms with Gasteiger partial charge in [-0.05, 0) is 24.6 Å². The van der Waals surface area contributed by atoms with Gasteiger partial charge in [0, 0.05) is 10.9 Å². The molecule has 0 aliphatic heterocycles. The minimum absolute atomic E-state index is 0.334. The number of carbonyl (C=O) groups is 1. The van der Waals surface area contributed by atoms with E-state index in [-0.39, 0.29) is 5.97 Å². The van der Waals surface area contributed by atoms with E-state index in [4.69, 9.17) is 0 Å². The summed E-state index contributed by atoms with van der Waals surface area (Å²) in [5, 5.41) is 1.02. The van der Waals surface area contributed by atoms with E-state index < -0.39 is 0 Å². The van der Waals surface area contributed by atoms with Gasteiger partial charge in [-0.15, -0.1) is 0 Å². The first-order valence-electron chi connectivity index (χ1n) is 5.38. The number of methoxy groups -OCH3 is 1. The second-order valence-corrected chi connectivity index (χ2v) is 3.27. The zero-order valence-corrected chi connectivity index (χ0v) is 10.1. The zero-order chi connectivity index (χ0) is 12.1. The number of aryl methyl sites for hydroxylation is 1. The molecule has 86 valence electrons. The summed E-state index contributed by atoms with van der Waals surface area (Å²) in [5.74, 6) is -0.334. The minimum atomic E-state index is -0.334. The van der Waals surface area contributed by atoms with Gasteiger partial charge in [-0.3, -0.25) is 0 Å². The van der Waals surface area contributed by atoms with Crippen LogP contribution in [0.2, 0.25) is 0 Å². The number of nitrogens with one attached hydrogen (secondary N) is 1. The molecule has 16 heavy (non-hydrogen) atoms. The molecule has 0 amide bonds. The van der Waals surface area contributed by atoms with Crippen LogP contribution in [0.5, 0.6) is 0 Å². The number of hydrogen-bond donors (Lipinski definition) is 1. The third kappa shape index (κ3) is 2.42. The van der Waals surface area contributed by atoms with E-state index in [0.717, 1.165) is 16.5 Å². The average molecular weight is 219 g/mol. The van der Waals surface area contributed by atoms with E-state index >= 15 is 0 Å². The Hall–Kier alpha value is -1.77. The SMILES string of the molecule is CC.COC(=O)c1cc2ccc(C)cc2[nH]1. The molecule has 2 rings (SSSR count). The molecule has 1 aromatic carbocycles. The fraction of sp³-hybridized carbons (Fsp3) is 0.308. The van der Waals surface area contributed by atoms with Crippen molar-refractivity contribution in [2.24, 2.45) is 0 Å². The van der Waals surface area contributed by atoms with E-state index in [9.17, 15) is 4.79 Å². The second-order valence-electron chi connectivity index (χ2n) is 3.27. The van der Waals surface area contributed by atoms with Crippen molar-refractivity contribution in [3.05, 3.63) is 35.5 Å². The lowest BCUT2D eigenvalue weighted by Crippen LogP contribution is -2.00. The lowest BCUT2D eigenvalue weighted by atomic mass is 10.2. The number of carbonyl (C=O) groups excluding carboxylic acids is 1. The number of benzene rings is 1. The van der Waals surface area contributed by atoms with Crippen LogP contribution in [-0.2, 0) is 4.74 Å². The lowest BCUT2D eigenvalue weighted by Gasteiger charge is -1.92. The van der Waals surface area contributed by atoms with Crippen LogP contribution in [0.25, 0.3) is 10.9 Å². The number of ether oxygens (including phenoxy) is 1. The van der Waals surface area contributed by atoms with Crippen molar-refractivity contribution in [2.45, 2.75) is 20.8 Å². The number of aromatic nitrogens is 1. The summed E-state index contributed by atoms with van der Waals surface area (Å²) < 4.78 is 4.63. The molecule has 2 aromatic rings. The highest BCUT2D eigenvalue weighted by Gasteiger charge is 2.08. The Balaban J connectivity index is 0.000000606. The van der Waals surface area contributed by atoms with E-state index in [2.05, 4.69) is 9.72 Å². The van der Waals surface area contributed by atoms with Gasteiger partial charge in [0.15, 0.2) is 0 Å². The van der Waals surface area contributed by atoms with Gasteiger partial charge in [0.1, 0.15) is 5.69 Å². The molecule has 1 N–H and O–H groups in total. The summed E-state index contributed by atoms with van der Waals surface area (Å²) in [4.78, 5) is 14.2. The molecule has 1 aromatic heterocycles. The Labute approximate surface area is 95.4 Å². The van der Waals surface area contributed by atoms with Crippen LogP contribution >= 0.6 is 0 Å². The molecule has 0 aliphatic carbocycles. The number of hydrogen-bond acceptors (Lipinski definition) is 2. The second kappa shape index (κ2) is 5.35. The number of fused-ring (bicyclic) bond motifs is 1. The molecule has 0 saturated carbocycles. The number of aromatic amines is 1. The van der Waals surface area contributed by atoms with Gasteiger partial charge in [-0.1, -0.05) is 26.0 Å². The smallest absolute Gasteiger partial charge is 0.354 e. The normalized spacial score (nSPS) is 9.50.